The summed E-state index contributed by atoms with van der Waals surface area (Å²) in [4.78, 5) is 9.16. The van der Waals surface area contributed by atoms with E-state index >= 15 is 0 Å². The summed E-state index contributed by atoms with van der Waals surface area (Å²) in [7, 11) is 1.55. The second kappa shape index (κ2) is 7.51. The van der Waals surface area contributed by atoms with E-state index in [-0.39, 0.29) is 11.8 Å². The van der Waals surface area contributed by atoms with Crippen LogP contribution in [-0.4, -0.2) is 22.6 Å². The first-order chi connectivity index (χ1) is 12.0. The van der Waals surface area contributed by atoms with E-state index in [1.165, 1.54) is 4.90 Å². The molecule has 1 aromatic heterocycles. The van der Waals surface area contributed by atoms with Gasteiger partial charge >= 0.3 is 12.2 Å². The fourth-order valence-electron chi connectivity index (χ4n) is 2.43. The van der Waals surface area contributed by atoms with Crippen molar-refractivity contribution in [2.45, 2.75) is 52.3 Å². The van der Waals surface area contributed by atoms with Gasteiger partial charge in [-0.05, 0) is 44.9 Å². The molecular weight excluding hydrogens is 343 g/mol. The predicted molar refractivity (Wildman–Crippen MR) is 95.9 cm³/mol. The Bertz CT molecular complexity index is 737. The summed E-state index contributed by atoms with van der Waals surface area (Å²) in [6.45, 7) is 7.42. The zero-order valence-electron chi connectivity index (χ0n) is 15.7. The molecule has 0 aliphatic heterocycles. The fraction of sp³-hybridized carbons (Fsp3) is 0.474. The van der Waals surface area contributed by atoms with E-state index < -0.39 is 17.3 Å². The summed E-state index contributed by atoms with van der Waals surface area (Å²) in [5.74, 6) is -0.241. The maximum atomic E-state index is 13.4. The molecule has 0 fully saturated rings. The van der Waals surface area contributed by atoms with Crippen LogP contribution in [0.5, 0.6) is 6.01 Å². The number of rotatable bonds is 5. The van der Waals surface area contributed by atoms with Gasteiger partial charge in [-0.25, -0.2) is 4.98 Å². The lowest BCUT2D eigenvalue weighted by Gasteiger charge is -2.24. The van der Waals surface area contributed by atoms with Gasteiger partial charge in [0, 0.05) is 18.9 Å². The van der Waals surface area contributed by atoms with Gasteiger partial charge in [-0.2, -0.15) is 18.2 Å². The minimum absolute atomic E-state index is 0.0880. The number of hydrogen-bond acceptors (Lipinski definition) is 4. The molecule has 0 aliphatic rings. The number of hydrogen-bond donors (Lipinski definition) is 0. The van der Waals surface area contributed by atoms with Crippen LogP contribution in [0.4, 0.5) is 24.7 Å². The molecule has 1 aromatic carbocycles. The molecule has 142 valence electrons. The number of anilines is 2. The van der Waals surface area contributed by atoms with Crippen molar-refractivity contribution in [1.82, 2.24) is 9.97 Å². The van der Waals surface area contributed by atoms with Crippen LogP contribution in [-0.2, 0) is 12.6 Å². The molecule has 2 aromatic rings. The quantitative estimate of drug-likeness (QED) is 0.710. The Hall–Kier alpha value is -2.31. The molecule has 26 heavy (non-hydrogen) atoms. The van der Waals surface area contributed by atoms with Gasteiger partial charge in [0.1, 0.15) is 11.2 Å². The highest BCUT2D eigenvalue weighted by atomic mass is 19.4. The monoisotopic (exact) mass is 367 g/mol. The Morgan fingerprint density at radius 1 is 1.08 bits per heavy atom. The van der Waals surface area contributed by atoms with Crippen molar-refractivity contribution in [3.05, 3.63) is 41.6 Å². The van der Waals surface area contributed by atoms with Crippen LogP contribution in [0, 0.1) is 0 Å². The summed E-state index contributed by atoms with van der Waals surface area (Å²) >= 11 is 0. The Labute approximate surface area is 152 Å². The maximum absolute atomic E-state index is 13.4. The van der Waals surface area contributed by atoms with E-state index in [1.807, 2.05) is 12.1 Å². The highest BCUT2D eigenvalue weighted by Gasteiger charge is 2.37. The largest absolute Gasteiger partial charge is 0.458 e. The van der Waals surface area contributed by atoms with Crippen LogP contribution >= 0.6 is 0 Å². The van der Waals surface area contributed by atoms with Gasteiger partial charge in [0.25, 0.3) is 0 Å². The van der Waals surface area contributed by atoms with Crippen molar-refractivity contribution in [3.8, 4) is 6.01 Å². The van der Waals surface area contributed by atoms with Crippen molar-refractivity contribution in [2.24, 2.45) is 0 Å². The molecule has 0 amide bonds. The van der Waals surface area contributed by atoms with Gasteiger partial charge in [0.15, 0.2) is 5.82 Å². The van der Waals surface area contributed by atoms with Crippen LogP contribution in [0.15, 0.2) is 30.5 Å². The standard InChI is InChI=1S/C19H24F3N3O/c1-6-7-13-8-10-14(11-9-13)25(5)16-15(19(20,21)22)12-23-17(24-16)26-18(2,3)4/h8-12H,6-7H2,1-5H3. The predicted octanol–water partition coefficient (Wildman–Crippen LogP) is 5.39. The van der Waals surface area contributed by atoms with Gasteiger partial charge in [0.2, 0.25) is 0 Å². The molecular formula is C19H24F3N3O. The first kappa shape index (κ1) is 20.0. The van der Waals surface area contributed by atoms with Crippen molar-refractivity contribution in [1.29, 1.82) is 0 Å². The van der Waals surface area contributed by atoms with Crippen molar-refractivity contribution >= 4 is 11.5 Å². The number of aromatic nitrogens is 2. The lowest BCUT2D eigenvalue weighted by Crippen LogP contribution is -2.26. The highest BCUT2D eigenvalue weighted by molar-refractivity contribution is 5.63. The number of nitrogens with zero attached hydrogens (tertiary/aromatic N) is 3. The minimum atomic E-state index is -4.56. The average Bonchev–Trinajstić information content (AvgIpc) is 2.52. The Morgan fingerprint density at radius 3 is 2.19 bits per heavy atom. The molecule has 0 atom stereocenters. The third kappa shape index (κ3) is 5.09. The Balaban J connectivity index is 2.44. The second-order valence-electron chi connectivity index (χ2n) is 7.08. The van der Waals surface area contributed by atoms with E-state index in [0.717, 1.165) is 24.6 Å². The number of aryl methyl sites for hydroxylation is 1. The smallest absolute Gasteiger partial charge is 0.421 e. The van der Waals surface area contributed by atoms with E-state index in [4.69, 9.17) is 4.74 Å². The zero-order valence-corrected chi connectivity index (χ0v) is 15.7. The number of benzene rings is 1. The second-order valence-corrected chi connectivity index (χ2v) is 7.08. The molecule has 0 bridgehead atoms. The molecule has 0 unspecified atom stereocenters. The van der Waals surface area contributed by atoms with Crippen molar-refractivity contribution < 1.29 is 17.9 Å². The summed E-state index contributed by atoms with van der Waals surface area (Å²) in [6.07, 6.45) is -1.86. The maximum Gasteiger partial charge on any atom is 0.421 e. The van der Waals surface area contributed by atoms with Gasteiger partial charge in [-0.1, -0.05) is 25.5 Å². The molecule has 0 saturated heterocycles. The van der Waals surface area contributed by atoms with Crippen LogP contribution in [0.25, 0.3) is 0 Å². The fourth-order valence-corrected chi connectivity index (χ4v) is 2.43. The molecule has 0 spiro atoms. The van der Waals surface area contributed by atoms with Crippen LogP contribution < -0.4 is 9.64 Å². The number of alkyl halides is 3. The first-order valence-electron chi connectivity index (χ1n) is 8.47. The van der Waals surface area contributed by atoms with Crippen LogP contribution in [0.1, 0.15) is 45.2 Å². The normalized spacial score (nSPS) is 12.2. The lowest BCUT2D eigenvalue weighted by atomic mass is 10.1. The molecule has 0 radical (unpaired) electrons. The van der Waals surface area contributed by atoms with E-state index in [2.05, 4.69) is 16.9 Å². The first-order valence-corrected chi connectivity index (χ1v) is 8.47. The lowest BCUT2D eigenvalue weighted by molar-refractivity contribution is -0.137. The minimum Gasteiger partial charge on any atom is -0.458 e. The molecule has 7 heteroatoms. The summed E-state index contributed by atoms with van der Waals surface area (Å²) < 4.78 is 45.8. The Morgan fingerprint density at radius 2 is 1.69 bits per heavy atom. The number of halogens is 3. The third-order valence-corrected chi connectivity index (χ3v) is 3.63. The average molecular weight is 367 g/mol. The Kier molecular flexibility index (Phi) is 5.78. The summed E-state index contributed by atoms with van der Waals surface area (Å²) in [6, 6.07) is 7.32. The molecule has 0 saturated carbocycles. The molecule has 2 rings (SSSR count). The van der Waals surface area contributed by atoms with Crippen molar-refractivity contribution in [2.75, 3.05) is 11.9 Å². The van der Waals surface area contributed by atoms with Gasteiger partial charge in [0.05, 0.1) is 0 Å². The van der Waals surface area contributed by atoms with Gasteiger partial charge in [-0.15, -0.1) is 0 Å². The molecule has 4 nitrogen and oxygen atoms in total. The summed E-state index contributed by atoms with van der Waals surface area (Å²) in [5, 5.41) is 0. The van der Waals surface area contributed by atoms with E-state index in [9.17, 15) is 13.2 Å². The molecule has 0 aliphatic carbocycles. The van der Waals surface area contributed by atoms with E-state index in [0.29, 0.717) is 5.69 Å². The molecule has 1 heterocycles. The van der Waals surface area contributed by atoms with Crippen LogP contribution in [0.3, 0.4) is 0 Å². The van der Waals surface area contributed by atoms with E-state index in [1.54, 1.807) is 40.0 Å². The van der Waals surface area contributed by atoms with Crippen LogP contribution in [0.2, 0.25) is 0 Å². The zero-order chi connectivity index (χ0) is 19.5. The third-order valence-electron chi connectivity index (χ3n) is 3.63. The number of ether oxygens (including phenoxy) is 1. The van der Waals surface area contributed by atoms with Gasteiger partial charge in [-0.3, -0.25) is 0 Å². The summed E-state index contributed by atoms with van der Waals surface area (Å²) in [5.41, 5.74) is 0.229. The topological polar surface area (TPSA) is 38.2 Å². The van der Waals surface area contributed by atoms with Gasteiger partial charge < -0.3 is 9.64 Å². The molecule has 0 N–H and O–H groups in total. The SMILES string of the molecule is CCCc1ccc(N(C)c2nc(OC(C)(C)C)ncc2C(F)(F)F)cc1. The van der Waals surface area contributed by atoms with Crippen molar-refractivity contribution in [3.63, 3.8) is 0 Å². The highest BCUT2D eigenvalue weighted by Crippen LogP contribution is 2.38.